The van der Waals surface area contributed by atoms with Crippen molar-refractivity contribution in [3.63, 3.8) is 0 Å². The van der Waals surface area contributed by atoms with Crippen molar-refractivity contribution in [2.45, 2.75) is 6.92 Å². The maximum absolute atomic E-state index is 11.0. The maximum atomic E-state index is 11.0. The number of carbonyl (C=O) groups excluding carboxylic acids is 1. The number of benzene rings is 1. The molecule has 0 saturated carbocycles. The van der Waals surface area contributed by atoms with Gasteiger partial charge in [-0.3, -0.25) is 0 Å². The van der Waals surface area contributed by atoms with Gasteiger partial charge >= 0.3 is 6.09 Å². The lowest BCUT2D eigenvalue weighted by Gasteiger charge is -1.97. The van der Waals surface area contributed by atoms with Crippen molar-refractivity contribution in [2.24, 2.45) is 5.10 Å². The van der Waals surface area contributed by atoms with E-state index in [-0.39, 0.29) is 0 Å². The number of hydrogen-bond acceptors (Lipinski definition) is 5. The number of hydrazone groups is 1. The number of ether oxygens (including phenoxy) is 1. The number of amides is 1. The van der Waals surface area contributed by atoms with E-state index in [1.54, 1.807) is 6.92 Å². The van der Waals surface area contributed by atoms with Crippen molar-refractivity contribution in [1.82, 2.24) is 10.4 Å². The van der Waals surface area contributed by atoms with Gasteiger partial charge in [-0.1, -0.05) is 23.7 Å². The van der Waals surface area contributed by atoms with Crippen LogP contribution in [0.2, 0.25) is 5.02 Å². The molecule has 20 heavy (non-hydrogen) atoms. The average Bonchev–Trinajstić information content (AvgIpc) is 2.89. The molecule has 2 rings (SSSR count). The molecule has 0 atom stereocenters. The standard InChI is InChI=1S/C13H12ClN3O2S/c1-2-19-13(18)17-15-7-11-8-20-12(16-11)9-3-5-10(14)6-4-9/h3-8H,2H2,1H3,(H,17,18)/b15-7-. The molecule has 1 amide bonds. The summed E-state index contributed by atoms with van der Waals surface area (Å²) in [6, 6.07) is 7.43. The van der Waals surface area contributed by atoms with Gasteiger partial charge in [0.1, 0.15) is 5.01 Å². The third-order valence-corrected chi connectivity index (χ3v) is 3.40. The highest BCUT2D eigenvalue weighted by molar-refractivity contribution is 7.13. The summed E-state index contributed by atoms with van der Waals surface area (Å²) in [5, 5.41) is 7.15. The summed E-state index contributed by atoms with van der Waals surface area (Å²) < 4.78 is 4.67. The topological polar surface area (TPSA) is 63.6 Å². The Kier molecular flexibility index (Phi) is 5.09. The van der Waals surface area contributed by atoms with E-state index in [1.807, 2.05) is 29.6 Å². The van der Waals surface area contributed by atoms with Gasteiger partial charge in [-0.25, -0.2) is 15.2 Å². The predicted octanol–water partition coefficient (Wildman–Crippen LogP) is 3.54. The number of rotatable bonds is 4. The minimum atomic E-state index is -0.586. The Hall–Kier alpha value is -1.92. The molecular formula is C13H12ClN3O2S. The Bertz CT molecular complexity index is 610. The molecule has 1 heterocycles. The van der Waals surface area contributed by atoms with Gasteiger partial charge in [0, 0.05) is 16.0 Å². The van der Waals surface area contributed by atoms with Crippen LogP contribution >= 0.6 is 22.9 Å². The smallest absolute Gasteiger partial charge is 0.427 e. The van der Waals surface area contributed by atoms with E-state index in [1.165, 1.54) is 17.6 Å². The van der Waals surface area contributed by atoms with Crippen LogP contribution in [0.25, 0.3) is 10.6 Å². The molecule has 2 aromatic rings. The number of halogens is 1. The van der Waals surface area contributed by atoms with Gasteiger partial charge in [-0.15, -0.1) is 11.3 Å². The molecular weight excluding hydrogens is 298 g/mol. The van der Waals surface area contributed by atoms with Crippen molar-refractivity contribution in [1.29, 1.82) is 0 Å². The summed E-state index contributed by atoms with van der Waals surface area (Å²) in [5.74, 6) is 0. The summed E-state index contributed by atoms with van der Waals surface area (Å²) in [5.41, 5.74) is 3.89. The SMILES string of the molecule is CCOC(=O)N/N=C\c1csc(-c2ccc(Cl)cc2)n1. The van der Waals surface area contributed by atoms with E-state index in [4.69, 9.17) is 11.6 Å². The number of nitrogens with one attached hydrogen (secondary N) is 1. The Labute approximate surface area is 125 Å². The highest BCUT2D eigenvalue weighted by Gasteiger charge is 2.03. The fraction of sp³-hybridized carbons (Fsp3) is 0.154. The fourth-order valence-electron chi connectivity index (χ4n) is 1.38. The summed E-state index contributed by atoms with van der Waals surface area (Å²) in [7, 11) is 0. The first-order chi connectivity index (χ1) is 9.69. The molecule has 1 aromatic heterocycles. The van der Waals surface area contributed by atoms with Crippen LogP contribution in [0.1, 0.15) is 12.6 Å². The van der Waals surface area contributed by atoms with E-state index < -0.39 is 6.09 Å². The Morgan fingerprint density at radius 2 is 2.25 bits per heavy atom. The molecule has 0 radical (unpaired) electrons. The molecule has 0 spiro atoms. The lowest BCUT2D eigenvalue weighted by atomic mass is 10.2. The molecule has 0 aliphatic rings. The van der Waals surface area contributed by atoms with Crippen LogP contribution in [0.3, 0.4) is 0 Å². The summed E-state index contributed by atoms with van der Waals surface area (Å²) in [6.45, 7) is 2.03. The first-order valence-electron chi connectivity index (χ1n) is 5.86. The minimum absolute atomic E-state index is 0.304. The molecule has 1 aromatic carbocycles. The molecule has 0 unspecified atom stereocenters. The van der Waals surface area contributed by atoms with Crippen molar-refractivity contribution in [3.8, 4) is 10.6 Å². The predicted molar refractivity (Wildman–Crippen MR) is 80.3 cm³/mol. The molecule has 7 heteroatoms. The third kappa shape index (κ3) is 4.04. The van der Waals surface area contributed by atoms with Crippen molar-refractivity contribution >= 4 is 35.2 Å². The zero-order valence-corrected chi connectivity index (χ0v) is 12.2. The summed E-state index contributed by atoms with van der Waals surface area (Å²) in [6.07, 6.45) is 0.879. The highest BCUT2D eigenvalue weighted by Crippen LogP contribution is 2.24. The lowest BCUT2D eigenvalue weighted by molar-refractivity contribution is 0.152. The number of aromatic nitrogens is 1. The van der Waals surface area contributed by atoms with Crippen LogP contribution in [-0.4, -0.2) is 23.9 Å². The number of carbonyl (C=O) groups is 1. The van der Waals surface area contributed by atoms with E-state index in [2.05, 4.69) is 20.2 Å². The second-order valence-corrected chi connectivity index (χ2v) is 4.97. The van der Waals surface area contributed by atoms with Crippen LogP contribution in [0.15, 0.2) is 34.7 Å². The van der Waals surface area contributed by atoms with Gasteiger partial charge in [0.05, 0.1) is 18.5 Å². The third-order valence-electron chi connectivity index (χ3n) is 2.24. The quantitative estimate of drug-likeness (QED) is 0.694. The molecule has 104 valence electrons. The van der Waals surface area contributed by atoms with Crippen LogP contribution < -0.4 is 5.43 Å². The van der Waals surface area contributed by atoms with Crippen molar-refractivity contribution in [3.05, 3.63) is 40.4 Å². The van der Waals surface area contributed by atoms with E-state index >= 15 is 0 Å². The molecule has 1 N–H and O–H groups in total. The zero-order valence-electron chi connectivity index (χ0n) is 10.7. The lowest BCUT2D eigenvalue weighted by Crippen LogP contribution is -2.18. The maximum Gasteiger partial charge on any atom is 0.427 e. The first kappa shape index (κ1) is 14.5. The minimum Gasteiger partial charge on any atom is -0.449 e. The second-order valence-electron chi connectivity index (χ2n) is 3.67. The molecule has 0 aliphatic carbocycles. The normalized spacial score (nSPS) is 10.7. The van der Waals surface area contributed by atoms with Gasteiger partial charge in [0.25, 0.3) is 0 Å². The van der Waals surface area contributed by atoms with E-state index in [0.29, 0.717) is 17.3 Å². The fourth-order valence-corrected chi connectivity index (χ4v) is 2.29. The Morgan fingerprint density at radius 1 is 1.50 bits per heavy atom. The molecule has 0 fully saturated rings. The summed E-state index contributed by atoms with van der Waals surface area (Å²) >= 11 is 7.33. The Morgan fingerprint density at radius 3 is 2.95 bits per heavy atom. The van der Waals surface area contributed by atoms with Gasteiger partial charge in [-0.05, 0) is 19.1 Å². The largest absolute Gasteiger partial charge is 0.449 e. The van der Waals surface area contributed by atoms with Crippen LogP contribution in [-0.2, 0) is 4.74 Å². The Balaban J connectivity index is 2.00. The van der Waals surface area contributed by atoms with Crippen molar-refractivity contribution in [2.75, 3.05) is 6.61 Å². The number of hydrogen-bond donors (Lipinski definition) is 1. The van der Waals surface area contributed by atoms with Gasteiger partial charge in [0.2, 0.25) is 0 Å². The van der Waals surface area contributed by atoms with E-state index in [9.17, 15) is 4.79 Å². The number of nitrogens with zero attached hydrogens (tertiary/aromatic N) is 2. The highest BCUT2D eigenvalue weighted by atomic mass is 35.5. The first-order valence-corrected chi connectivity index (χ1v) is 7.12. The molecule has 0 saturated heterocycles. The van der Waals surface area contributed by atoms with Crippen LogP contribution in [0, 0.1) is 0 Å². The van der Waals surface area contributed by atoms with Gasteiger partial charge < -0.3 is 4.74 Å². The molecule has 0 aliphatic heterocycles. The van der Waals surface area contributed by atoms with Gasteiger partial charge in [0.15, 0.2) is 0 Å². The van der Waals surface area contributed by atoms with Crippen LogP contribution in [0.4, 0.5) is 4.79 Å². The monoisotopic (exact) mass is 309 g/mol. The van der Waals surface area contributed by atoms with Crippen molar-refractivity contribution < 1.29 is 9.53 Å². The number of thiazole rings is 1. The molecule has 5 nitrogen and oxygen atoms in total. The summed E-state index contributed by atoms with van der Waals surface area (Å²) in [4.78, 5) is 15.4. The van der Waals surface area contributed by atoms with Gasteiger partial charge in [-0.2, -0.15) is 5.10 Å². The zero-order chi connectivity index (χ0) is 14.4. The molecule has 0 bridgehead atoms. The van der Waals surface area contributed by atoms with Crippen LogP contribution in [0.5, 0.6) is 0 Å². The van der Waals surface area contributed by atoms with E-state index in [0.717, 1.165) is 10.6 Å². The average molecular weight is 310 g/mol. The second kappa shape index (κ2) is 7.02.